The number of unbranched alkanes of at least 4 members (excludes halogenated alkanes) is 13. The van der Waals surface area contributed by atoms with Crippen LogP contribution in [0.5, 0.6) is 0 Å². The van der Waals surface area contributed by atoms with Crippen LogP contribution in [-0.2, 0) is 0 Å². The van der Waals surface area contributed by atoms with E-state index >= 15 is 0 Å². The first-order chi connectivity index (χ1) is 12.6. The summed E-state index contributed by atoms with van der Waals surface area (Å²) in [5.41, 5.74) is 0. The third-order valence-corrected chi connectivity index (χ3v) is 4.74. The molecule has 0 amide bonds. The molecule has 1 aliphatic heterocycles. The normalized spacial score (nSPS) is 13.5. The third kappa shape index (κ3) is 19.5. The van der Waals surface area contributed by atoms with Crippen LogP contribution in [0, 0.1) is 0 Å². The molecule has 0 radical (unpaired) electrons. The van der Waals surface area contributed by atoms with Crippen molar-refractivity contribution in [3.63, 3.8) is 0 Å². The van der Waals surface area contributed by atoms with Gasteiger partial charge in [-0.25, -0.2) is 0 Å². The van der Waals surface area contributed by atoms with Gasteiger partial charge in [0, 0.05) is 26.0 Å². The summed E-state index contributed by atoms with van der Waals surface area (Å²) in [6.45, 7) is 0.944. The SMILES string of the molecule is CCCCCCCCCCCCCCCCN1C=CN(C)C1.FC(F)F. The Hall–Kier alpha value is -0.870. The second-order valence-electron chi connectivity index (χ2n) is 7.35. The van der Waals surface area contributed by atoms with E-state index in [9.17, 15) is 13.2 Å². The Morgan fingerprint density at radius 1 is 0.692 bits per heavy atom. The molecule has 0 N–H and O–H groups in total. The van der Waals surface area contributed by atoms with E-state index in [4.69, 9.17) is 0 Å². The fraction of sp³-hybridized carbons (Fsp3) is 0.905. The maximum Gasteiger partial charge on any atom is 0.379 e. The standard InChI is InChI=1S/C20H40N2.CHF3/c1-3-4-5-6-7-8-9-10-11-12-13-14-15-16-17-22-19-18-21(2)20-22;2-1(3)4/h18-19H,3-17,20H2,1-2H3;1H. The van der Waals surface area contributed by atoms with Gasteiger partial charge in [0.25, 0.3) is 0 Å². The highest BCUT2D eigenvalue weighted by Gasteiger charge is 2.06. The van der Waals surface area contributed by atoms with Gasteiger partial charge in [-0.1, -0.05) is 90.4 Å². The molecule has 0 spiro atoms. The molecule has 0 unspecified atom stereocenters. The van der Waals surface area contributed by atoms with Gasteiger partial charge in [0.2, 0.25) is 0 Å². The van der Waals surface area contributed by atoms with Crippen LogP contribution in [0.2, 0.25) is 0 Å². The Balaban J connectivity index is 0.00000141. The van der Waals surface area contributed by atoms with E-state index in [0.717, 1.165) is 6.67 Å². The number of alkyl halides is 3. The molecule has 5 heteroatoms. The van der Waals surface area contributed by atoms with Crippen molar-refractivity contribution in [2.45, 2.75) is 103 Å². The maximum atomic E-state index is 9.67. The second-order valence-corrected chi connectivity index (χ2v) is 7.35. The summed E-state index contributed by atoms with van der Waals surface area (Å²) in [5.74, 6) is 0. The molecular weight excluding hydrogens is 337 g/mol. The smallest absolute Gasteiger partial charge is 0.362 e. The summed E-state index contributed by atoms with van der Waals surface area (Å²) in [7, 11) is 2.14. The largest absolute Gasteiger partial charge is 0.379 e. The van der Waals surface area contributed by atoms with Crippen LogP contribution >= 0.6 is 0 Å². The fourth-order valence-corrected chi connectivity index (χ4v) is 3.24. The van der Waals surface area contributed by atoms with Crippen molar-refractivity contribution in [1.82, 2.24) is 9.80 Å². The molecule has 156 valence electrons. The molecule has 0 bridgehead atoms. The van der Waals surface area contributed by atoms with Crippen LogP contribution in [-0.4, -0.2) is 36.7 Å². The highest BCUT2D eigenvalue weighted by molar-refractivity contribution is 4.88. The molecule has 1 aliphatic rings. The van der Waals surface area contributed by atoms with Crippen LogP contribution < -0.4 is 0 Å². The van der Waals surface area contributed by atoms with Gasteiger partial charge < -0.3 is 9.80 Å². The zero-order valence-corrected chi connectivity index (χ0v) is 17.1. The van der Waals surface area contributed by atoms with Gasteiger partial charge in [0.1, 0.15) is 0 Å². The predicted octanol–water partition coefficient (Wildman–Crippen LogP) is 7.32. The number of rotatable bonds is 15. The lowest BCUT2D eigenvalue weighted by atomic mass is 10.0. The van der Waals surface area contributed by atoms with Gasteiger partial charge >= 0.3 is 6.68 Å². The molecular formula is C21H41F3N2. The van der Waals surface area contributed by atoms with E-state index in [1.54, 1.807) is 0 Å². The van der Waals surface area contributed by atoms with Crippen molar-refractivity contribution >= 4 is 0 Å². The summed E-state index contributed by atoms with van der Waals surface area (Å²) in [6, 6.07) is 0. The third-order valence-electron chi connectivity index (χ3n) is 4.74. The summed E-state index contributed by atoms with van der Waals surface area (Å²) < 4.78 is 29.0. The first kappa shape index (κ1) is 25.1. The quantitative estimate of drug-likeness (QED) is 0.275. The van der Waals surface area contributed by atoms with E-state index in [1.807, 2.05) is 0 Å². The minimum atomic E-state index is -3.67. The van der Waals surface area contributed by atoms with Crippen molar-refractivity contribution < 1.29 is 13.2 Å². The molecule has 0 aliphatic carbocycles. The highest BCUT2D eigenvalue weighted by Crippen LogP contribution is 2.13. The lowest BCUT2D eigenvalue weighted by Gasteiger charge is -2.17. The molecule has 0 fully saturated rings. The van der Waals surface area contributed by atoms with E-state index in [2.05, 4.69) is 36.2 Å². The zero-order chi connectivity index (χ0) is 19.5. The van der Waals surface area contributed by atoms with E-state index < -0.39 is 6.68 Å². The summed E-state index contributed by atoms with van der Waals surface area (Å²) in [6.07, 6.45) is 24.6. The van der Waals surface area contributed by atoms with Gasteiger partial charge in [0.15, 0.2) is 0 Å². The first-order valence-electron chi connectivity index (χ1n) is 10.6. The molecule has 0 aromatic rings. The molecule has 0 aromatic heterocycles. The number of nitrogens with zero attached hydrogens (tertiary/aromatic N) is 2. The Labute approximate surface area is 159 Å². The van der Waals surface area contributed by atoms with Gasteiger partial charge in [-0.05, 0) is 6.42 Å². The van der Waals surface area contributed by atoms with Crippen LogP contribution in [0.4, 0.5) is 13.2 Å². The molecule has 0 atom stereocenters. The Bertz CT molecular complexity index is 309. The van der Waals surface area contributed by atoms with E-state index in [-0.39, 0.29) is 0 Å². The molecule has 1 rings (SSSR count). The summed E-state index contributed by atoms with van der Waals surface area (Å²) in [4.78, 5) is 4.66. The monoisotopic (exact) mass is 378 g/mol. The van der Waals surface area contributed by atoms with Crippen LogP contribution in [0.15, 0.2) is 12.4 Å². The van der Waals surface area contributed by atoms with Gasteiger partial charge in [-0.3, -0.25) is 0 Å². The van der Waals surface area contributed by atoms with Gasteiger partial charge in [-0.15, -0.1) is 0 Å². The topological polar surface area (TPSA) is 6.48 Å². The van der Waals surface area contributed by atoms with Crippen molar-refractivity contribution in [3.8, 4) is 0 Å². The van der Waals surface area contributed by atoms with Crippen molar-refractivity contribution in [1.29, 1.82) is 0 Å². The average Bonchev–Trinajstić information content (AvgIpc) is 3.00. The van der Waals surface area contributed by atoms with Crippen molar-refractivity contribution in [3.05, 3.63) is 12.4 Å². The molecule has 0 saturated carbocycles. The van der Waals surface area contributed by atoms with Crippen molar-refractivity contribution in [2.24, 2.45) is 0 Å². The van der Waals surface area contributed by atoms with E-state index in [1.165, 1.54) is 96.4 Å². The Kier molecular flexibility index (Phi) is 18.3. The predicted molar refractivity (Wildman–Crippen MR) is 106 cm³/mol. The maximum absolute atomic E-state index is 9.67. The second kappa shape index (κ2) is 18.9. The minimum absolute atomic E-state index is 1.08. The van der Waals surface area contributed by atoms with E-state index in [0.29, 0.717) is 0 Å². The van der Waals surface area contributed by atoms with Crippen molar-refractivity contribution in [2.75, 3.05) is 20.3 Å². The number of hydrogen-bond acceptors (Lipinski definition) is 2. The van der Waals surface area contributed by atoms with Gasteiger partial charge in [0.05, 0.1) is 6.67 Å². The summed E-state index contributed by atoms with van der Waals surface area (Å²) >= 11 is 0. The average molecular weight is 379 g/mol. The summed E-state index contributed by atoms with van der Waals surface area (Å²) in [5, 5.41) is 0. The Morgan fingerprint density at radius 2 is 1.08 bits per heavy atom. The lowest BCUT2D eigenvalue weighted by Crippen LogP contribution is -2.23. The molecule has 26 heavy (non-hydrogen) atoms. The molecule has 1 heterocycles. The van der Waals surface area contributed by atoms with Gasteiger partial charge in [-0.2, -0.15) is 13.2 Å². The molecule has 0 aromatic carbocycles. The zero-order valence-electron chi connectivity index (χ0n) is 17.1. The van der Waals surface area contributed by atoms with Crippen LogP contribution in [0.25, 0.3) is 0 Å². The first-order valence-corrected chi connectivity index (χ1v) is 10.6. The minimum Gasteiger partial charge on any atom is -0.362 e. The Morgan fingerprint density at radius 3 is 1.42 bits per heavy atom. The fourth-order valence-electron chi connectivity index (χ4n) is 3.24. The van der Waals surface area contributed by atoms with Crippen LogP contribution in [0.3, 0.4) is 0 Å². The number of halogens is 3. The highest BCUT2D eigenvalue weighted by atomic mass is 19.4. The van der Waals surface area contributed by atoms with Crippen LogP contribution in [0.1, 0.15) is 96.8 Å². The number of hydrogen-bond donors (Lipinski definition) is 0. The lowest BCUT2D eigenvalue weighted by molar-refractivity contribution is 0.00819. The molecule has 2 nitrogen and oxygen atoms in total. The molecule has 0 saturated heterocycles.